The Morgan fingerprint density at radius 3 is 2.28 bits per heavy atom. The molecule has 6 nitrogen and oxygen atoms in total. The number of nitrogens with zero attached hydrogens (tertiary/aromatic N) is 1. The number of likely N-dealkylation sites (N-methyl/N-ethyl adjacent to an activating group) is 1. The smallest absolute Gasteiger partial charge is 0.407 e. The molecule has 0 radical (unpaired) electrons. The molecule has 2 aromatic rings. The number of hydrogen-bond acceptors (Lipinski definition) is 4. The first-order valence-corrected chi connectivity index (χ1v) is 11.3. The fraction of sp³-hybridized carbons (Fsp3) is 0.440. The molecule has 0 fully saturated rings. The van der Waals surface area contributed by atoms with E-state index in [1.165, 1.54) is 5.56 Å². The highest BCUT2D eigenvalue weighted by atomic mass is 35.5. The lowest BCUT2D eigenvalue weighted by atomic mass is 10.1. The molecular weight excluding hydrogens is 426 g/mol. The maximum absolute atomic E-state index is 12.2. The average molecular weight is 460 g/mol. The van der Waals surface area contributed by atoms with E-state index in [1.54, 1.807) is 24.3 Å². The van der Waals surface area contributed by atoms with E-state index in [1.807, 2.05) is 40.0 Å². The van der Waals surface area contributed by atoms with E-state index in [-0.39, 0.29) is 5.91 Å². The highest BCUT2D eigenvalue weighted by molar-refractivity contribution is 6.33. The summed E-state index contributed by atoms with van der Waals surface area (Å²) in [5, 5.41) is 6.15. The monoisotopic (exact) mass is 459 g/mol. The van der Waals surface area contributed by atoms with E-state index in [0.717, 1.165) is 31.5 Å². The van der Waals surface area contributed by atoms with Gasteiger partial charge in [0, 0.05) is 19.6 Å². The molecule has 2 N–H and O–H groups in total. The van der Waals surface area contributed by atoms with Crippen LogP contribution >= 0.6 is 11.6 Å². The van der Waals surface area contributed by atoms with Gasteiger partial charge in [-0.25, -0.2) is 4.79 Å². The topological polar surface area (TPSA) is 70.7 Å². The largest absolute Gasteiger partial charge is 0.444 e. The van der Waals surface area contributed by atoms with Crippen LogP contribution < -0.4 is 10.6 Å². The number of aryl methyl sites for hydroxylation is 1. The molecule has 32 heavy (non-hydrogen) atoms. The quantitative estimate of drug-likeness (QED) is 0.542. The number of rotatable bonds is 10. The van der Waals surface area contributed by atoms with Gasteiger partial charge in [0.15, 0.2) is 0 Å². The Hall–Kier alpha value is -2.57. The van der Waals surface area contributed by atoms with Gasteiger partial charge in [-0.1, -0.05) is 48.0 Å². The fourth-order valence-corrected chi connectivity index (χ4v) is 3.30. The summed E-state index contributed by atoms with van der Waals surface area (Å²) in [4.78, 5) is 26.1. The zero-order valence-electron chi connectivity index (χ0n) is 19.4. The van der Waals surface area contributed by atoms with Gasteiger partial charge in [-0.3, -0.25) is 4.79 Å². The molecular formula is C25H34ClN3O3. The Morgan fingerprint density at radius 2 is 1.62 bits per heavy atom. The first-order valence-electron chi connectivity index (χ1n) is 10.9. The second-order valence-electron chi connectivity index (χ2n) is 8.81. The molecule has 0 spiro atoms. The molecule has 0 atom stereocenters. The lowest BCUT2D eigenvalue weighted by molar-refractivity contribution is 0.0523. The Labute approximate surface area is 196 Å². The van der Waals surface area contributed by atoms with Crippen molar-refractivity contribution < 1.29 is 14.3 Å². The third-order valence-electron chi connectivity index (χ3n) is 4.76. The van der Waals surface area contributed by atoms with Crippen molar-refractivity contribution in [2.24, 2.45) is 0 Å². The van der Waals surface area contributed by atoms with Crippen LogP contribution in [0.1, 0.15) is 48.7 Å². The van der Waals surface area contributed by atoms with Gasteiger partial charge in [-0.2, -0.15) is 0 Å². The molecule has 0 aliphatic rings. The van der Waals surface area contributed by atoms with Crippen LogP contribution in [0.4, 0.5) is 4.79 Å². The van der Waals surface area contributed by atoms with Gasteiger partial charge in [0.05, 0.1) is 10.6 Å². The van der Waals surface area contributed by atoms with Gasteiger partial charge < -0.3 is 20.3 Å². The van der Waals surface area contributed by atoms with Crippen molar-refractivity contribution in [3.05, 3.63) is 70.2 Å². The van der Waals surface area contributed by atoms with Crippen LogP contribution in [0.15, 0.2) is 48.5 Å². The Kier molecular flexibility index (Phi) is 10.0. The number of ether oxygens (including phenoxy) is 1. The van der Waals surface area contributed by atoms with Crippen molar-refractivity contribution >= 4 is 23.6 Å². The summed E-state index contributed by atoms with van der Waals surface area (Å²) in [5.74, 6) is -0.148. The molecule has 174 valence electrons. The second-order valence-corrected chi connectivity index (χ2v) is 9.22. The molecule has 0 aliphatic heterocycles. The van der Waals surface area contributed by atoms with E-state index in [9.17, 15) is 9.59 Å². The molecule has 2 amide bonds. The second kappa shape index (κ2) is 12.5. The third kappa shape index (κ3) is 9.71. The van der Waals surface area contributed by atoms with Crippen LogP contribution in [-0.4, -0.2) is 49.2 Å². The van der Waals surface area contributed by atoms with Gasteiger partial charge in [0.1, 0.15) is 5.60 Å². The number of carbonyl (C=O) groups is 2. The Bertz CT molecular complexity index is 879. The Balaban J connectivity index is 1.63. The third-order valence-corrected chi connectivity index (χ3v) is 5.09. The van der Waals surface area contributed by atoms with Gasteiger partial charge >= 0.3 is 6.09 Å². The highest BCUT2D eigenvalue weighted by Gasteiger charge is 2.15. The molecule has 0 saturated carbocycles. The molecule has 0 unspecified atom stereocenters. The zero-order chi connectivity index (χ0) is 23.6. The number of nitrogens with one attached hydrogen (secondary N) is 2. The molecule has 0 bridgehead atoms. The van der Waals surface area contributed by atoms with Crippen LogP contribution in [0.3, 0.4) is 0 Å². The molecule has 2 aromatic carbocycles. The van der Waals surface area contributed by atoms with Crippen molar-refractivity contribution in [2.45, 2.75) is 45.8 Å². The van der Waals surface area contributed by atoms with Gasteiger partial charge in [-0.05, 0) is 70.5 Å². The van der Waals surface area contributed by atoms with E-state index < -0.39 is 11.7 Å². The highest BCUT2D eigenvalue weighted by Crippen LogP contribution is 2.14. The van der Waals surface area contributed by atoms with Crippen molar-refractivity contribution in [2.75, 3.05) is 26.7 Å². The van der Waals surface area contributed by atoms with Crippen LogP contribution in [0, 0.1) is 0 Å². The van der Waals surface area contributed by atoms with Crippen LogP contribution in [0.25, 0.3) is 0 Å². The summed E-state index contributed by atoms with van der Waals surface area (Å²) in [6.45, 7) is 8.24. The SMILES string of the molecule is CN(CCCc1ccc(CNC(=O)OC(C)(C)C)cc1)CCNC(=O)c1ccccc1Cl. The molecule has 0 heterocycles. The minimum absolute atomic E-state index is 0.148. The number of amides is 2. The van der Waals surface area contributed by atoms with E-state index in [2.05, 4.69) is 27.7 Å². The number of halogens is 1. The van der Waals surface area contributed by atoms with E-state index in [4.69, 9.17) is 16.3 Å². The summed E-state index contributed by atoms with van der Waals surface area (Å²) >= 11 is 6.06. The number of alkyl carbamates (subject to hydrolysis) is 1. The standard InChI is InChI=1S/C25H34ClN3O3/c1-25(2,3)32-24(31)28-18-20-13-11-19(12-14-20)8-7-16-29(4)17-15-27-23(30)21-9-5-6-10-22(21)26/h5-6,9-14H,7-8,15-18H2,1-4H3,(H,27,30)(H,28,31). The number of carbonyl (C=O) groups excluding carboxylic acids is 2. The van der Waals surface area contributed by atoms with E-state index >= 15 is 0 Å². The maximum Gasteiger partial charge on any atom is 0.407 e. The van der Waals surface area contributed by atoms with Crippen molar-refractivity contribution in [1.29, 1.82) is 0 Å². The molecule has 0 aliphatic carbocycles. The van der Waals surface area contributed by atoms with Gasteiger partial charge in [0.25, 0.3) is 5.91 Å². The van der Waals surface area contributed by atoms with Crippen molar-refractivity contribution in [3.8, 4) is 0 Å². The first kappa shape index (κ1) is 25.7. The predicted octanol–water partition coefficient (Wildman–Crippen LogP) is 4.66. The summed E-state index contributed by atoms with van der Waals surface area (Å²) in [6.07, 6.45) is 1.58. The summed E-state index contributed by atoms with van der Waals surface area (Å²) in [5.41, 5.74) is 2.29. The summed E-state index contributed by atoms with van der Waals surface area (Å²) in [6, 6.07) is 15.3. The summed E-state index contributed by atoms with van der Waals surface area (Å²) < 4.78 is 5.24. The minimum Gasteiger partial charge on any atom is -0.444 e. The zero-order valence-corrected chi connectivity index (χ0v) is 20.2. The van der Waals surface area contributed by atoms with Crippen LogP contribution in [0.5, 0.6) is 0 Å². The first-order chi connectivity index (χ1) is 15.1. The molecule has 0 aromatic heterocycles. The van der Waals surface area contributed by atoms with E-state index in [0.29, 0.717) is 23.7 Å². The van der Waals surface area contributed by atoms with Crippen molar-refractivity contribution in [3.63, 3.8) is 0 Å². The molecule has 2 rings (SSSR count). The molecule has 0 saturated heterocycles. The number of hydrogen-bond donors (Lipinski definition) is 2. The Morgan fingerprint density at radius 1 is 0.969 bits per heavy atom. The minimum atomic E-state index is -0.498. The molecule has 7 heteroatoms. The van der Waals surface area contributed by atoms with Gasteiger partial charge in [-0.15, -0.1) is 0 Å². The van der Waals surface area contributed by atoms with Crippen molar-refractivity contribution in [1.82, 2.24) is 15.5 Å². The van der Waals surface area contributed by atoms with Gasteiger partial charge in [0.2, 0.25) is 0 Å². The maximum atomic E-state index is 12.2. The lowest BCUT2D eigenvalue weighted by Gasteiger charge is -2.19. The average Bonchev–Trinajstić information content (AvgIpc) is 2.72. The fourth-order valence-electron chi connectivity index (χ4n) is 3.08. The summed E-state index contributed by atoms with van der Waals surface area (Å²) in [7, 11) is 2.05. The normalized spacial score (nSPS) is 11.3. The lowest BCUT2D eigenvalue weighted by Crippen LogP contribution is -2.33. The van der Waals surface area contributed by atoms with Crippen LogP contribution in [-0.2, 0) is 17.7 Å². The predicted molar refractivity (Wildman–Crippen MR) is 129 cm³/mol. The van der Waals surface area contributed by atoms with Crippen LogP contribution in [0.2, 0.25) is 5.02 Å². The number of benzene rings is 2.